The number of aryl methyl sites for hydroxylation is 1. The molecule has 0 aliphatic carbocycles. The van der Waals surface area contributed by atoms with Crippen LogP contribution in [0.3, 0.4) is 0 Å². The Morgan fingerprint density at radius 2 is 2.12 bits per heavy atom. The van der Waals surface area contributed by atoms with Crippen molar-refractivity contribution in [2.24, 2.45) is 0 Å². The maximum Gasteiger partial charge on any atom is 0.268 e. The van der Waals surface area contributed by atoms with E-state index >= 15 is 0 Å². The Bertz CT molecular complexity index is 1050. The summed E-state index contributed by atoms with van der Waals surface area (Å²) >= 11 is 3.04. The van der Waals surface area contributed by atoms with Crippen LogP contribution in [-0.2, 0) is 0 Å². The zero-order chi connectivity index (χ0) is 17.4. The number of pyridine rings is 1. The lowest BCUT2D eigenvalue weighted by Gasteiger charge is -2.05. The number of hydrogen-bond acceptors (Lipinski definition) is 6. The summed E-state index contributed by atoms with van der Waals surface area (Å²) in [6, 6.07) is 9.50. The maximum absolute atomic E-state index is 12.4. The average Bonchev–Trinajstić information content (AvgIpc) is 3.33. The minimum atomic E-state index is -0.218. The number of hydrogen-bond donors (Lipinski definition) is 1. The van der Waals surface area contributed by atoms with Gasteiger partial charge in [-0.3, -0.25) is 10.1 Å². The van der Waals surface area contributed by atoms with E-state index in [9.17, 15) is 4.79 Å². The SMILES string of the molecule is COc1ccc(-c2ccsc2)n2nc(NC(=O)c3ccc(C)s3)nc12. The van der Waals surface area contributed by atoms with Gasteiger partial charge in [0.15, 0.2) is 11.4 Å². The van der Waals surface area contributed by atoms with Crippen molar-refractivity contribution in [3.8, 4) is 17.0 Å². The van der Waals surface area contributed by atoms with Gasteiger partial charge < -0.3 is 4.74 Å². The zero-order valence-electron chi connectivity index (χ0n) is 13.5. The van der Waals surface area contributed by atoms with Crippen LogP contribution in [0.1, 0.15) is 14.5 Å². The second-order valence-corrected chi connectivity index (χ2v) is 7.40. The number of carbonyl (C=O) groups is 1. The van der Waals surface area contributed by atoms with Gasteiger partial charge >= 0.3 is 0 Å². The lowest BCUT2D eigenvalue weighted by atomic mass is 10.2. The Labute approximate surface area is 151 Å². The van der Waals surface area contributed by atoms with E-state index in [0.29, 0.717) is 16.3 Å². The first kappa shape index (κ1) is 15.8. The molecule has 0 saturated carbocycles. The Kier molecular flexibility index (Phi) is 3.98. The molecule has 0 radical (unpaired) electrons. The van der Waals surface area contributed by atoms with Crippen LogP contribution in [0.4, 0.5) is 5.95 Å². The van der Waals surface area contributed by atoms with Gasteiger partial charge in [-0.1, -0.05) is 0 Å². The topological polar surface area (TPSA) is 68.5 Å². The third-order valence-corrected chi connectivity index (χ3v) is 5.36. The highest BCUT2D eigenvalue weighted by Gasteiger charge is 2.16. The molecule has 25 heavy (non-hydrogen) atoms. The summed E-state index contributed by atoms with van der Waals surface area (Å²) < 4.78 is 7.07. The number of fused-ring (bicyclic) bond motifs is 1. The molecule has 0 unspecified atom stereocenters. The number of methoxy groups -OCH3 is 1. The molecule has 126 valence electrons. The number of nitrogens with zero attached hydrogens (tertiary/aromatic N) is 3. The monoisotopic (exact) mass is 370 g/mol. The van der Waals surface area contributed by atoms with Crippen LogP contribution in [-0.4, -0.2) is 27.6 Å². The lowest BCUT2D eigenvalue weighted by molar-refractivity contribution is 0.102. The van der Waals surface area contributed by atoms with Gasteiger partial charge in [0.1, 0.15) is 0 Å². The Morgan fingerprint density at radius 3 is 2.80 bits per heavy atom. The predicted molar refractivity (Wildman–Crippen MR) is 99.9 cm³/mol. The Balaban J connectivity index is 1.76. The van der Waals surface area contributed by atoms with Crippen molar-refractivity contribution in [2.75, 3.05) is 12.4 Å². The van der Waals surface area contributed by atoms with Crippen molar-refractivity contribution in [2.45, 2.75) is 6.92 Å². The standard InChI is InChI=1S/C17H14N4O2S2/c1-10-3-6-14(25-10)16(22)19-17-18-15-13(23-2)5-4-12(21(15)20-17)11-7-8-24-9-11/h3-9H,1-2H3,(H,19,20,22). The van der Waals surface area contributed by atoms with E-state index in [1.54, 1.807) is 29.0 Å². The van der Waals surface area contributed by atoms with Crippen molar-refractivity contribution >= 4 is 40.2 Å². The summed E-state index contributed by atoms with van der Waals surface area (Å²) in [5, 5.41) is 11.3. The highest BCUT2D eigenvalue weighted by molar-refractivity contribution is 7.14. The highest BCUT2D eigenvalue weighted by Crippen LogP contribution is 2.28. The fourth-order valence-electron chi connectivity index (χ4n) is 2.50. The first-order valence-electron chi connectivity index (χ1n) is 7.50. The minimum Gasteiger partial charge on any atom is -0.493 e. The second-order valence-electron chi connectivity index (χ2n) is 5.33. The van der Waals surface area contributed by atoms with Crippen molar-refractivity contribution in [1.82, 2.24) is 14.6 Å². The Morgan fingerprint density at radius 1 is 1.24 bits per heavy atom. The normalized spacial score (nSPS) is 11.0. The average molecular weight is 370 g/mol. The van der Waals surface area contributed by atoms with Crippen LogP contribution in [0.5, 0.6) is 5.75 Å². The molecule has 1 N–H and O–H groups in total. The number of carbonyl (C=O) groups excluding carboxylic acids is 1. The molecule has 0 aliphatic heterocycles. The summed E-state index contributed by atoms with van der Waals surface area (Å²) in [4.78, 5) is 18.5. The zero-order valence-corrected chi connectivity index (χ0v) is 15.1. The maximum atomic E-state index is 12.4. The van der Waals surface area contributed by atoms with Gasteiger partial charge in [-0.15, -0.1) is 16.4 Å². The number of amides is 1. The molecular weight excluding hydrogens is 356 g/mol. The van der Waals surface area contributed by atoms with Gasteiger partial charge in [-0.05, 0) is 42.6 Å². The second kappa shape index (κ2) is 6.30. The molecule has 0 spiro atoms. The molecular formula is C17H14N4O2S2. The van der Waals surface area contributed by atoms with Crippen LogP contribution in [0, 0.1) is 6.92 Å². The third kappa shape index (κ3) is 2.90. The van der Waals surface area contributed by atoms with Crippen LogP contribution in [0.25, 0.3) is 16.9 Å². The van der Waals surface area contributed by atoms with E-state index in [-0.39, 0.29) is 11.9 Å². The summed E-state index contributed by atoms with van der Waals surface area (Å²) in [5.74, 6) is 0.626. The van der Waals surface area contributed by atoms with Gasteiger partial charge in [-0.2, -0.15) is 16.3 Å². The number of ether oxygens (including phenoxy) is 1. The first-order chi connectivity index (χ1) is 12.2. The minimum absolute atomic E-state index is 0.218. The van der Waals surface area contributed by atoms with E-state index < -0.39 is 0 Å². The molecule has 0 bridgehead atoms. The fraction of sp³-hybridized carbons (Fsp3) is 0.118. The van der Waals surface area contributed by atoms with E-state index in [1.807, 2.05) is 41.9 Å². The van der Waals surface area contributed by atoms with Gasteiger partial charge in [-0.25, -0.2) is 4.52 Å². The van der Waals surface area contributed by atoms with Gasteiger partial charge in [0.05, 0.1) is 17.7 Å². The number of thiophene rings is 2. The summed E-state index contributed by atoms with van der Waals surface area (Å²) in [5.41, 5.74) is 2.48. The Hall–Kier alpha value is -2.71. The number of aromatic nitrogens is 3. The molecule has 1 amide bonds. The van der Waals surface area contributed by atoms with Crippen LogP contribution in [0.15, 0.2) is 41.1 Å². The molecule has 0 fully saturated rings. The largest absolute Gasteiger partial charge is 0.493 e. The summed E-state index contributed by atoms with van der Waals surface area (Å²) in [6.07, 6.45) is 0. The van der Waals surface area contributed by atoms with Gasteiger partial charge in [0.2, 0.25) is 5.95 Å². The molecule has 4 rings (SSSR count). The molecule has 0 aromatic carbocycles. The van der Waals surface area contributed by atoms with E-state index in [2.05, 4.69) is 15.4 Å². The molecule has 0 saturated heterocycles. The molecule has 4 heterocycles. The molecule has 8 heteroatoms. The molecule has 6 nitrogen and oxygen atoms in total. The number of rotatable bonds is 4. The lowest BCUT2D eigenvalue weighted by Crippen LogP contribution is -2.11. The predicted octanol–water partition coefficient (Wildman–Crippen LogP) is 4.09. The van der Waals surface area contributed by atoms with Gasteiger partial charge in [0.25, 0.3) is 5.91 Å². The molecule has 0 aliphatic rings. The van der Waals surface area contributed by atoms with Crippen molar-refractivity contribution in [3.63, 3.8) is 0 Å². The quantitative estimate of drug-likeness (QED) is 0.587. The summed E-state index contributed by atoms with van der Waals surface area (Å²) in [6.45, 7) is 1.96. The number of nitrogens with one attached hydrogen (secondary N) is 1. The van der Waals surface area contributed by atoms with Crippen LogP contribution >= 0.6 is 22.7 Å². The van der Waals surface area contributed by atoms with Crippen molar-refractivity contribution in [1.29, 1.82) is 0 Å². The molecule has 4 aromatic rings. The van der Waals surface area contributed by atoms with Crippen molar-refractivity contribution < 1.29 is 9.53 Å². The van der Waals surface area contributed by atoms with E-state index in [0.717, 1.165) is 16.1 Å². The molecule has 4 aromatic heterocycles. The highest BCUT2D eigenvalue weighted by atomic mass is 32.1. The summed E-state index contributed by atoms with van der Waals surface area (Å²) in [7, 11) is 1.58. The first-order valence-corrected chi connectivity index (χ1v) is 9.26. The van der Waals surface area contributed by atoms with Gasteiger partial charge in [0, 0.05) is 15.8 Å². The number of anilines is 1. The third-order valence-electron chi connectivity index (χ3n) is 3.67. The fourth-order valence-corrected chi connectivity index (χ4v) is 3.91. The smallest absolute Gasteiger partial charge is 0.268 e. The van der Waals surface area contributed by atoms with Crippen LogP contribution in [0.2, 0.25) is 0 Å². The van der Waals surface area contributed by atoms with Crippen LogP contribution < -0.4 is 10.1 Å². The van der Waals surface area contributed by atoms with Crippen molar-refractivity contribution in [3.05, 3.63) is 50.8 Å². The van der Waals surface area contributed by atoms with E-state index in [1.165, 1.54) is 11.3 Å². The molecule has 0 atom stereocenters. The van der Waals surface area contributed by atoms with E-state index in [4.69, 9.17) is 4.74 Å².